The highest BCUT2D eigenvalue weighted by atomic mass is 19.1. The number of esters is 1. The highest BCUT2D eigenvalue weighted by Gasteiger charge is 2.27. The molecule has 1 aliphatic rings. The first-order valence-corrected chi connectivity index (χ1v) is 11.3. The molecule has 0 atom stereocenters. The summed E-state index contributed by atoms with van der Waals surface area (Å²) in [5, 5.41) is 6.12. The monoisotopic (exact) mass is 479 g/mol. The van der Waals surface area contributed by atoms with E-state index in [2.05, 4.69) is 25.6 Å². The second kappa shape index (κ2) is 10.9. The van der Waals surface area contributed by atoms with Crippen molar-refractivity contribution in [3.05, 3.63) is 60.2 Å². The van der Waals surface area contributed by atoms with Crippen LogP contribution in [0, 0.1) is 11.7 Å². The molecule has 2 N–H and O–H groups in total. The Morgan fingerprint density at radius 3 is 2.43 bits per heavy atom. The van der Waals surface area contributed by atoms with Gasteiger partial charge in [0.15, 0.2) is 5.82 Å². The van der Waals surface area contributed by atoms with Gasteiger partial charge in [0, 0.05) is 23.4 Å². The summed E-state index contributed by atoms with van der Waals surface area (Å²) in [6.07, 6.45) is 4.25. The molecule has 10 heteroatoms. The molecule has 0 radical (unpaired) electrons. The molecule has 0 bridgehead atoms. The first kappa shape index (κ1) is 24.1. The van der Waals surface area contributed by atoms with E-state index >= 15 is 0 Å². The Hall–Kier alpha value is -4.08. The van der Waals surface area contributed by atoms with E-state index in [4.69, 9.17) is 9.47 Å². The highest BCUT2D eigenvalue weighted by Crippen LogP contribution is 2.29. The summed E-state index contributed by atoms with van der Waals surface area (Å²) < 4.78 is 23.5. The van der Waals surface area contributed by atoms with Crippen LogP contribution in [-0.4, -0.2) is 47.1 Å². The average Bonchev–Trinajstić information content (AvgIpc) is 2.89. The number of ether oxygens (including phenoxy) is 2. The van der Waals surface area contributed by atoms with E-state index in [1.54, 1.807) is 30.3 Å². The number of aromatic nitrogens is 3. The molecule has 35 heavy (non-hydrogen) atoms. The Bertz CT molecular complexity index is 1200. The van der Waals surface area contributed by atoms with E-state index < -0.39 is 5.82 Å². The molecule has 0 saturated heterocycles. The van der Waals surface area contributed by atoms with Gasteiger partial charge in [-0.2, -0.15) is 4.98 Å². The first-order valence-electron chi connectivity index (χ1n) is 11.3. The standard InChI is InChI=1S/C25H26FN5O4/c1-34-21-13-17(26)7-12-20(21)22-27-14-28-25(31-22)30-19-8-3-15(4-9-19)23(32)29-18-10-5-16(6-11-18)24(33)35-2/h3-4,7-9,12-14,16,18H,5-6,10-11H2,1-2H3,(H,29,32)(H,27,28,30,31). The van der Waals surface area contributed by atoms with Gasteiger partial charge < -0.3 is 20.1 Å². The average molecular weight is 480 g/mol. The Morgan fingerprint density at radius 2 is 1.74 bits per heavy atom. The summed E-state index contributed by atoms with van der Waals surface area (Å²) in [4.78, 5) is 37.0. The maximum atomic E-state index is 13.5. The number of benzene rings is 2. The van der Waals surface area contributed by atoms with E-state index in [0.29, 0.717) is 47.2 Å². The highest BCUT2D eigenvalue weighted by molar-refractivity contribution is 5.94. The van der Waals surface area contributed by atoms with Gasteiger partial charge in [0.2, 0.25) is 5.95 Å². The molecule has 4 rings (SSSR count). The number of carbonyl (C=O) groups excluding carboxylic acids is 2. The lowest BCUT2D eigenvalue weighted by Crippen LogP contribution is -2.38. The van der Waals surface area contributed by atoms with Crippen LogP contribution in [0.3, 0.4) is 0 Å². The minimum absolute atomic E-state index is 0.0355. The number of nitrogens with one attached hydrogen (secondary N) is 2. The maximum Gasteiger partial charge on any atom is 0.308 e. The van der Waals surface area contributed by atoms with Gasteiger partial charge in [0.1, 0.15) is 17.9 Å². The van der Waals surface area contributed by atoms with Crippen LogP contribution in [0.2, 0.25) is 0 Å². The molecular weight excluding hydrogens is 453 g/mol. The van der Waals surface area contributed by atoms with E-state index in [0.717, 1.165) is 12.8 Å². The van der Waals surface area contributed by atoms with Crippen LogP contribution in [0.15, 0.2) is 48.8 Å². The summed E-state index contributed by atoms with van der Waals surface area (Å²) in [5.74, 6) is 0.0907. The molecule has 0 spiro atoms. The van der Waals surface area contributed by atoms with Crippen molar-refractivity contribution in [2.24, 2.45) is 5.92 Å². The molecule has 0 aliphatic heterocycles. The molecule has 1 amide bonds. The van der Waals surface area contributed by atoms with Gasteiger partial charge >= 0.3 is 5.97 Å². The quantitative estimate of drug-likeness (QED) is 0.491. The number of hydrogen-bond donors (Lipinski definition) is 2. The third-order valence-corrected chi connectivity index (χ3v) is 5.98. The second-order valence-electron chi connectivity index (χ2n) is 8.22. The zero-order chi connectivity index (χ0) is 24.8. The fourth-order valence-electron chi connectivity index (χ4n) is 4.08. The third kappa shape index (κ3) is 5.89. The van der Waals surface area contributed by atoms with Crippen LogP contribution >= 0.6 is 0 Å². The zero-order valence-electron chi connectivity index (χ0n) is 19.5. The van der Waals surface area contributed by atoms with Crippen molar-refractivity contribution in [2.75, 3.05) is 19.5 Å². The summed E-state index contributed by atoms with van der Waals surface area (Å²) in [7, 11) is 2.85. The molecule has 3 aromatic rings. The van der Waals surface area contributed by atoms with Gasteiger partial charge in [-0.15, -0.1) is 0 Å². The fraction of sp³-hybridized carbons (Fsp3) is 0.320. The summed E-state index contributed by atoms with van der Waals surface area (Å²) >= 11 is 0. The van der Waals surface area contributed by atoms with Crippen molar-refractivity contribution >= 4 is 23.5 Å². The van der Waals surface area contributed by atoms with Crippen molar-refractivity contribution in [3.8, 4) is 17.1 Å². The predicted molar refractivity (Wildman–Crippen MR) is 127 cm³/mol. The number of anilines is 2. The molecule has 2 aromatic carbocycles. The van der Waals surface area contributed by atoms with Crippen LogP contribution in [0.4, 0.5) is 16.0 Å². The molecule has 1 heterocycles. The summed E-state index contributed by atoms with van der Waals surface area (Å²) in [6.45, 7) is 0. The lowest BCUT2D eigenvalue weighted by Gasteiger charge is -2.27. The van der Waals surface area contributed by atoms with Crippen molar-refractivity contribution < 1.29 is 23.5 Å². The second-order valence-corrected chi connectivity index (χ2v) is 8.22. The SMILES string of the molecule is COC(=O)C1CCC(NC(=O)c2ccc(Nc3ncnc(-c4ccc(F)cc4OC)n3)cc2)CC1. The molecule has 1 saturated carbocycles. The summed E-state index contributed by atoms with van der Waals surface area (Å²) in [5.41, 5.74) is 1.74. The van der Waals surface area contributed by atoms with Crippen molar-refractivity contribution in [1.82, 2.24) is 20.3 Å². The zero-order valence-corrected chi connectivity index (χ0v) is 19.5. The first-order chi connectivity index (χ1) is 17.0. The number of nitrogens with zero attached hydrogens (tertiary/aromatic N) is 3. The lowest BCUT2D eigenvalue weighted by molar-refractivity contribution is -0.146. The Balaban J connectivity index is 1.37. The molecule has 9 nitrogen and oxygen atoms in total. The van der Waals surface area contributed by atoms with Crippen LogP contribution in [-0.2, 0) is 9.53 Å². The van der Waals surface area contributed by atoms with Gasteiger partial charge in [0.25, 0.3) is 5.91 Å². The van der Waals surface area contributed by atoms with Gasteiger partial charge in [-0.25, -0.2) is 14.4 Å². The molecule has 1 aliphatic carbocycles. The number of methoxy groups -OCH3 is 2. The number of carbonyl (C=O) groups is 2. The van der Waals surface area contributed by atoms with E-state index in [9.17, 15) is 14.0 Å². The van der Waals surface area contributed by atoms with Crippen LogP contribution in [0.1, 0.15) is 36.0 Å². The normalized spacial score (nSPS) is 17.3. The van der Waals surface area contributed by atoms with Gasteiger partial charge in [-0.3, -0.25) is 9.59 Å². The lowest BCUT2D eigenvalue weighted by atomic mass is 9.86. The van der Waals surface area contributed by atoms with Crippen LogP contribution in [0.25, 0.3) is 11.4 Å². The number of amides is 1. The summed E-state index contributed by atoms with van der Waals surface area (Å²) in [6, 6.07) is 11.1. The van der Waals surface area contributed by atoms with Gasteiger partial charge in [-0.05, 0) is 62.1 Å². The maximum absolute atomic E-state index is 13.5. The van der Waals surface area contributed by atoms with E-state index in [1.165, 1.54) is 32.7 Å². The topological polar surface area (TPSA) is 115 Å². The van der Waals surface area contributed by atoms with Crippen molar-refractivity contribution in [3.63, 3.8) is 0 Å². The molecule has 1 aromatic heterocycles. The number of rotatable bonds is 7. The van der Waals surface area contributed by atoms with Crippen LogP contribution in [0.5, 0.6) is 5.75 Å². The van der Waals surface area contributed by atoms with Gasteiger partial charge in [-0.1, -0.05) is 0 Å². The fourth-order valence-corrected chi connectivity index (χ4v) is 4.08. The number of hydrogen-bond acceptors (Lipinski definition) is 8. The Morgan fingerprint density at radius 1 is 1.00 bits per heavy atom. The third-order valence-electron chi connectivity index (χ3n) is 5.98. The molecule has 1 fully saturated rings. The predicted octanol–water partition coefficient (Wildman–Crippen LogP) is 3.89. The van der Waals surface area contributed by atoms with E-state index in [1.807, 2.05) is 0 Å². The van der Waals surface area contributed by atoms with Crippen molar-refractivity contribution in [2.45, 2.75) is 31.7 Å². The minimum Gasteiger partial charge on any atom is -0.496 e. The molecule has 182 valence electrons. The molecular formula is C25H26FN5O4. The Kier molecular flexibility index (Phi) is 7.49. The largest absolute Gasteiger partial charge is 0.496 e. The number of halogens is 1. The van der Waals surface area contributed by atoms with Gasteiger partial charge in [0.05, 0.1) is 25.7 Å². The Labute approximate surface area is 202 Å². The van der Waals surface area contributed by atoms with Crippen molar-refractivity contribution in [1.29, 1.82) is 0 Å². The molecule has 0 unspecified atom stereocenters. The van der Waals surface area contributed by atoms with Crippen LogP contribution < -0.4 is 15.4 Å². The smallest absolute Gasteiger partial charge is 0.308 e. The van der Waals surface area contributed by atoms with E-state index in [-0.39, 0.29) is 23.8 Å². The minimum atomic E-state index is -0.420.